The van der Waals surface area contributed by atoms with Crippen LogP contribution in [0.1, 0.15) is 15.9 Å². The van der Waals surface area contributed by atoms with Gasteiger partial charge in [-0.05, 0) is 18.2 Å². The van der Waals surface area contributed by atoms with Crippen LogP contribution in [0.3, 0.4) is 0 Å². The molecule has 0 aromatic heterocycles. The lowest BCUT2D eigenvalue weighted by molar-refractivity contribution is -0.139. The van der Waals surface area contributed by atoms with Crippen LogP contribution in [-0.2, 0) is 10.4 Å². The van der Waals surface area contributed by atoms with Crippen molar-refractivity contribution in [3.8, 4) is 11.5 Å². The van der Waals surface area contributed by atoms with Gasteiger partial charge in [0.05, 0.1) is 18.6 Å². The zero-order valence-electron chi connectivity index (χ0n) is 12.9. The van der Waals surface area contributed by atoms with Crippen molar-refractivity contribution in [3.05, 3.63) is 53.6 Å². The molecule has 2 aromatic rings. The second kappa shape index (κ2) is 5.07. The first-order valence-electron chi connectivity index (χ1n) is 7.54. The molecule has 0 bridgehead atoms. The van der Waals surface area contributed by atoms with Crippen LogP contribution in [0.4, 0.5) is 5.69 Å². The van der Waals surface area contributed by atoms with Gasteiger partial charge >= 0.3 is 0 Å². The molecular formula is C18H15NO5. The number of rotatable bonds is 2. The third-order valence-corrected chi connectivity index (χ3v) is 4.61. The first kappa shape index (κ1) is 14.7. The molecule has 0 fully saturated rings. The molecule has 2 heterocycles. The smallest absolute Gasteiger partial charge is 0.262 e. The Morgan fingerprint density at radius 1 is 1.25 bits per heavy atom. The summed E-state index contributed by atoms with van der Waals surface area (Å²) in [7, 11) is 1.53. The summed E-state index contributed by atoms with van der Waals surface area (Å²) in [5, 5.41) is 13.7. The van der Waals surface area contributed by atoms with Crippen molar-refractivity contribution < 1.29 is 24.2 Å². The molecule has 0 spiro atoms. The molecule has 122 valence electrons. The molecule has 6 heteroatoms. The number of carbonyl (C=O) groups is 2. The maximum atomic E-state index is 12.9. The first-order valence-corrected chi connectivity index (χ1v) is 7.54. The van der Waals surface area contributed by atoms with Crippen molar-refractivity contribution in [2.45, 2.75) is 5.60 Å². The van der Waals surface area contributed by atoms with E-state index in [1.807, 2.05) is 0 Å². The van der Waals surface area contributed by atoms with Gasteiger partial charge in [-0.25, -0.2) is 0 Å². The first-order chi connectivity index (χ1) is 11.6. The Kier molecular flexibility index (Phi) is 3.11. The van der Waals surface area contributed by atoms with Crippen LogP contribution in [0.15, 0.2) is 42.5 Å². The lowest BCUT2D eigenvalue weighted by atomic mass is 9.77. The summed E-state index contributed by atoms with van der Waals surface area (Å²) in [6.45, 7) is -0.0861. The molecule has 4 rings (SSSR count). The van der Waals surface area contributed by atoms with Crippen molar-refractivity contribution in [2.24, 2.45) is 5.92 Å². The van der Waals surface area contributed by atoms with Crippen LogP contribution < -0.4 is 14.8 Å². The third kappa shape index (κ3) is 1.86. The number of hydrogen-bond acceptors (Lipinski definition) is 5. The van der Waals surface area contributed by atoms with Gasteiger partial charge in [-0.15, -0.1) is 0 Å². The number of amides is 1. The fraction of sp³-hybridized carbons (Fsp3) is 0.222. The maximum absolute atomic E-state index is 12.9. The number of benzene rings is 2. The number of para-hydroxylation sites is 1. The minimum atomic E-state index is -1.94. The predicted molar refractivity (Wildman–Crippen MR) is 85.3 cm³/mol. The van der Waals surface area contributed by atoms with Crippen molar-refractivity contribution in [1.29, 1.82) is 0 Å². The minimum Gasteiger partial charge on any atom is -0.497 e. The van der Waals surface area contributed by atoms with E-state index in [0.717, 1.165) is 0 Å². The Hall–Kier alpha value is -2.86. The molecule has 2 N–H and O–H groups in total. The predicted octanol–water partition coefficient (Wildman–Crippen LogP) is 1.73. The summed E-state index contributed by atoms with van der Waals surface area (Å²) in [5.41, 5.74) is -0.699. The number of Topliss-reactive ketones (excluding diaryl/α,β-unsaturated/α-hetero) is 1. The van der Waals surface area contributed by atoms with Crippen molar-refractivity contribution in [2.75, 3.05) is 19.0 Å². The Balaban J connectivity index is 1.78. The van der Waals surface area contributed by atoms with Crippen LogP contribution in [-0.4, -0.2) is 30.5 Å². The highest BCUT2D eigenvalue weighted by molar-refractivity contribution is 6.11. The number of methoxy groups -OCH3 is 1. The fourth-order valence-corrected chi connectivity index (χ4v) is 3.31. The minimum absolute atomic E-state index is 0.0861. The van der Waals surface area contributed by atoms with E-state index in [-0.39, 0.29) is 12.4 Å². The number of nitrogens with one attached hydrogen (secondary N) is 1. The molecule has 2 aliphatic heterocycles. The van der Waals surface area contributed by atoms with Gasteiger partial charge in [0.25, 0.3) is 5.91 Å². The maximum Gasteiger partial charge on any atom is 0.262 e. The zero-order chi connectivity index (χ0) is 16.9. The molecule has 1 amide bonds. The summed E-state index contributed by atoms with van der Waals surface area (Å²) in [5.74, 6) is -0.980. The second-order valence-electron chi connectivity index (χ2n) is 5.86. The fourth-order valence-electron chi connectivity index (χ4n) is 3.31. The molecule has 0 aliphatic carbocycles. The zero-order valence-corrected chi connectivity index (χ0v) is 12.9. The average molecular weight is 325 g/mol. The highest BCUT2D eigenvalue weighted by Gasteiger charge is 2.55. The van der Waals surface area contributed by atoms with E-state index in [2.05, 4.69) is 5.32 Å². The quantitative estimate of drug-likeness (QED) is 0.878. The lowest BCUT2D eigenvalue weighted by Gasteiger charge is -2.33. The summed E-state index contributed by atoms with van der Waals surface area (Å²) in [6, 6.07) is 11.7. The third-order valence-electron chi connectivity index (χ3n) is 4.61. The van der Waals surface area contributed by atoms with Crippen molar-refractivity contribution >= 4 is 17.4 Å². The average Bonchev–Trinajstić information content (AvgIpc) is 2.86. The molecule has 24 heavy (non-hydrogen) atoms. The van der Waals surface area contributed by atoms with Crippen LogP contribution in [0.2, 0.25) is 0 Å². The largest absolute Gasteiger partial charge is 0.497 e. The van der Waals surface area contributed by atoms with E-state index in [4.69, 9.17) is 9.47 Å². The van der Waals surface area contributed by atoms with Gasteiger partial charge < -0.3 is 19.9 Å². The van der Waals surface area contributed by atoms with Gasteiger partial charge in [-0.2, -0.15) is 0 Å². The van der Waals surface area contributed by atoms with Crippen LogP contribution >= 0.6 is 0 Å². The molecule has 0 saturated heterocycles. The molecule has 2 aliphatic rings. The van der Waals surface area contributed by atoms with Gasteiger partial charge in [-0.3, -0.25) is 9.59 Å². The van der Waals surface area contributed by atoms with E-state index in [1.165, 1.54) is 7.11 Å². The van der Waals surface area contributed by atoms with Crippen LogP contribution in [0.25, 0.3) is 0 Å². The lowest BCUT2D eigenvalue weighted by Crippen LogP contribution is -2.49. The normalized spacial score (nSPS) is 24.7. The standard InChI is InChI=1S/C18H15NO5/c1-23-10-6-7-11-15(8-10)24-9-13(16(11)20)18(22)12-4-2-3-5-14(12)19-17(18)21/h2-8,13,22H,9H2,1H3,(H,19,21)/t13-,18-/m0/s1. The summed E-state index contributed by atoms with van der Waals surface area (Å²) >= 11 is 0. The summed E-state index contributed by atoms with van der Waals surface area (Å²) in [6.07, 6.45) is 0. The number of carbonyl (C=O) groups excluding carboxylic acids is 2. The second-order valence-corrected chi connectivity index (χ2v) is 5.86. The van der Waals surface area contributed by atoms with Gasteiger partial charge in [0, 0.05) is 17.3 Å². The van der Waals surface area contributed by atoms with Gasteiger partial charge in [0.2, 0.25) is 0 Å². The van der Waals surface area contributed by atoms with E-state index >= 15 is 0 Å². The van der Waals surface area contributed by atoms with Crippen molar-refractivity contribution in [3.63, 3.8) is 0 Å². The topological polar surface area (TPSA) is 84.9 Å². The summed E-state index contributed by atoms with van der Waals surface area (Å²) < 4.78 is 10.8. The number of ether oxygens (including phenoxy) is 2. The highest BCUT2D eigenvalue weighted by atomic mass is 16.5. The van der Waals surface area contributed by atoms with E-state index in [1.54, 1.807) is 42.5 Å². The molecule has 0 radical (unpaired) electrons. The Bertz CT molecular complexity index is 862. The number of hydrogen-bond donors (Lipinski definition) is 2. The number of ketones is 1. The monoisotopic (exact) mass is 325 g/mol. The molecule has 0 unspecified atom stereocenters. The van der Waals surface area contributed by atoms with Gasteiger partial charge in [0.1, 0.15) is 18.1 Å². The van der Waals surface area contributed by atoms with Crippen LogP contribution in [0.5, 0.6) is 11.5 Å². The SMILES string of the molecule is COc1ccc2c(c1)OC[C@H]([C@]1(O)C(=O)Nc3ccccc31)C2=O. The molecule has 2 aromatic carbocycles. The number of aliphatic hydroxyl groups is 1. The number of fused-ring (bicyclic) bond motifs is 2. The van der Waals surface area contributed by atoms with Gasteiger partial charge in [-0.1, -0.05) is 18.2 Å². The van der Waals surface area contributed by atoms with E-state index < -0.39 is 17.4 Å². The molecule has 6 nitrogen and oxygen atoms in total. The molecule has 0 saturated carbocycles. The van der Waals surface area contributed by atoms with Crippen molar-refractivity contribution in [1.82, 2.24) is 0 Å². The van der Waals surface area contributed by atoms with E-state index in [9.17, 15) is 14.7 Å². The van der Waals surface area contributed by atoms with Gasteiger partial charge in [0.15, 0.2) is 11.4 Å². The number of anilines is 1. The van der Waals surface area contributed by atoms with E-state index in [0.29, 0.717) is 28.3 Å². The Labute approximate surface area is 138 Å². The summed E-state index contributed by atoms with van der Waals surface area (Å²) in [4.78, 5) is 25.3. The molecular weight excluding hydrogens is 310 g/mol. The Morgan fingerprint density at radius 2 is 2.04 bits per heavy atom. The Morgan fingerprint density at radius 3 is 2.83 bits per heavy atom. The molecule has 2 atom stereocenters. The highest BCUT2D eigenvalue weighted by Crippen LogP contribution is 2.45. The van der Waals surface area contributed by atoms with Crippen LogP contribution in [0, 0.1) is 5.92 Å².